The quantitative estimate of drug-likeness (QED) is 0.157. The molecule has 2 aliphatic rings. The first-order valence-electron chi connectivity index (χ1n) is 20.9. The lowest BCUT2D eigenvalue weighted by atomic mass is 9.63. The van der Waals surface area contributed by atoms with Crippen LogP contribution < -0.4 is 0 Å². The molecule has 0 nitrogen and oxygen atoms in total. The van der Waals surface area contributed by atoms with E-state index in [2.05, 4.69) is 208 Å². The highest BCUT2D eigenvalue weighted by Crippen LogP contribution is 2.60. The van der Waals surface area contributed by atoms with Crippen molar-refractivity contribution in [1.82, 2.24) is 0 Å². The molecule has 0 fully saturated rings. The standard InChI is InChI=1S/C58H42S/c1-57(2)51-27-15-14-22-45(51)46-33-32-40(34-52(46)57)39-30-28-38(29-31-39)36-58(35-37-16-4-3-5-17-37)53-47-23-10-6-18-41(47)43-20-8-12-25-49(43)55(53)59-56-50-26-13-9-21-44(50)42-19-7-11-24-48(42)54(56)58/h3-34H,35-36H2,1-2H3. The zero-order chi connectivity index (χ0) is 39.3. The number of hydrogen-bond donors (Lipinski definition) is 0. The molecule has 1 aliphatic carbocycles. The van der Waals surface area contributed by atoms with E-state index >= 15 is 0 Å². The summed E-state index contributed by atoms with van der Waals surface area (Å²) in [4.78, 5) is 2.78. The second-order valence-electron chi connectivity index (χ2n) is 17.2. The molecule has 0 spiro atoms. The van der Waals surface area contributed by atoms with Crippen LogP contribution in [0.1, 0.15) is 47.2 Å². The summed E-state index contributed by atoms with van der Waals surface area (Å²) in [6.07, 6.45) is 1.74. The van der Waals surface area contributed by atoms with Crippen molar-refractivity contribution in [3.63, 3.8) is 0 Å². The van der Waals surface area contributed by atoms with E-state index < -0.39 is 5.41 Å². The molecule has 1 aliphatic heterocycles. The fourth-order valence-corrected chi connectivity index (χ4v) is 12.6. The average molecular weight is 771 g/mol. The molecule has 0 saturated heterocycles. The Morgan fingerprint density at radius 3 is 1.36 bits per heavy atom. The van der Waals surface area contributed by atoms with Crippen molar-refractivity contribution >= 4 is 54.9 Å². The van der Waals surface area contributed by atoms with E-state index in [0.29, 0.717) is 0 Å². The minimum absolute atomic E-state index is 0.0363. The van der Waals surface area contributed by atoms with Crippen LogP contribution in [0.2, 0.25) is 0 Å². The van der Waals surface area contributed by atoms with Gasteiger partial charge in [-0.1, -0.05) is 214 Å². The Labute approximate surface area is 350 Å². The van der Waals surface area contributed by atoms with Crippen LogP contribution in [0.4, 0.5) is 0 Å². The lowest BCUT2D eigenvalue weighted by Gasteiger charge is -2.44. The van der Waals surface area contributed by atoms with Gasteiger partial charge in [-0.3, -0.25) is 0 Å². The highest BCUT2D eigenvalue weighted by molar-refractivity contribution is 8.00. The van der Waals surface area contributed by atoms with Crippen molar-refractivity contribution < 1.29 is 0 Å². The van der Waals surface area contributed by atoms with Gasteiger partial charge in [0, 0.05) is 20.6 Å². The molecule has 12 rings (SSSR count). The molecule has 10 aromatic carbocycles. The van der Waals surface area contributed by atoms with Crippen molar-refractivity contribution in [3.05, 3.63) is 228 Å². The van der Waals surface area contributed by atoms with Crippen LogP contribution in [0.15, 0.2) is 204 Å². The molecule has 10 aromatic rings. The van der Waals surface area contributed by atoms with Crippen LogP contribution in [-0.2, 0) is 23.7 Å². The summed E-state index contributed by atoms with van der Waals surface area (Å²) in [6, 6.07) is 73.5. The summed E-state index contributed by atoms with van der Waals surface area (Å²) in [5, 5.41) is 10.7. The predicted molar refractivity (Wildman–Crippen MR) is 251 cm³/mol. The molecule has 0 aromatic heterocycles. The van der Waals surface area contributed by atoms with Gasteiger partial charge in [-0.05, 0) is 118 Å². The fourth-order valence-electron chi connectivity index (χ4n) is 11.0. The Balaban J connectivity index is 1.12. The maximum absolute atomic E-state index is 2.45. The summed E-state index contributed by atoms with van der Waals surface area (Å²) in [6.45, 7) is 4.74. The van der Waals surface area contributed by atoms with Gasteiger partial charge in [0.2, 0.25) is 0 Å². The van der Waals surface area contributed by atoms with Gasteiger partial charge in [-0.25, -0.2) is 0 Å². The Hall–Kier alpha value is -6.41. The smallest absolute Gasteiger partial charge is 0.0318 e. The average Bonchev–Trinajstić information content (AvgIpc) is 3.52. The van der Waals surface area contributed by atoms with Crippen LogP contribution in [0.3, 0.4) is 0 Å². The Kier molecular flexibility index (Phi) is 7.66. The Morgan fingerprint density at radius 2 is 0.780 bits per heavy atom. The molecule has 1 heteroatoms. The van der Waals surface area contributed by atoms with E-state index in [0.717, 1.165) is 12.8 Å². The molecular formula is C58H42S. The molecule has 0 bridgehead atoms. The largest absolute Gasteiger partial charge is 0.0881 e. The van der Waals surface area contributed by atoms with Crippen molar-refractivity contribution in [2.75, 3.05) is 0 Å². The Bertz CT molecular complexity index is 3190. The first-order chi connectivity index (χ1) is 29.0. The molecule has 59 heavy (non-hydrogen) atoms. The highest BCUT2D eigenvalue weighted by Gasteiger charge is 2.45. The molecule has 0 unspecified atom stereocenters. The first-order valence-corrected chi connectivity index (χ1v) is 21.7. The fraction of sp³-hybridized carbons (Fsp3) is 0.103. The minimum atomic E-state index is -0.393. The monoisotopic (exact) mass is 770 g/mol. The number of fused-ring (bicyclic) bond motifs is 15. The highest BCUT2D eigenvalue weighted by atomic mass is 32.2. The third kappa shape index (κ3) is 5.11. The minimum Gasteiger partial charge on any atom is -0.0881 e. The summed E-state index contributed by atoms with van der Waals surface area (Å²) in [7, 11) is 0. The van der Waals surface area contributed by atoms with E-state index in [1.165, 1.54) is 109 Å². The summed E-state index contributed by atoms with van der Waals surface area (Å²) in [5.41, 5.74) is 13.3. The molecule has 0 N–H and O–H groups in total. The maximum Gasteiger partial charge on any atom is 0.0318 e. The SMILES string of the molecule is CC1(C)c2ccccc2-c2ccc(-c3ccc(CC4(Cc5ccccc5)c5c(c6ccccc6c6ccccc56)Sc5c4c4ccccc4c4ccccc54)cc3)cc21. The molecule has 0 atom stereocenters. The third-order valence-electron chi connectivity index (χ3n) is 13.7. The van der Waals surface area contributed by atoms with Crippen molar-refractivity contribution in [3.8, 4) is 22.3 Å². The van der Waals surface area contributed by atoms with E-state index in [1.807, 2.05) is 11.8 Å². The summed E-state index contributed by atoms with van der Waals surface area (Å²) in [5.74, 6) is 0. The Morgan fingerprint density at radius 1 is 0.356 bits per heavy atom. The normalized spacial score (nSPS) is 14.6. The van der Waals surface area contributed by atoms with E-state index in [1.54, 1.807) is 0 Å². The van der Waals surface area contributed by atoms with Gasteiger partial charge in [0.15, 0.2) is 0 Å². The van der Waals surface area contributed by atoms with Gasteiger partial charge in [0.05, 0.1) is 0 Å². The van der Waals surface area contributed by atoms with E-state index in [-0.39, 0.29) is 5.41 Å². The van der Waals surface area contributed by atoms with Crippen LogP contribution in [-0.4, -0.2) is 0 Å². The van der Waals surface area contributed by atoms with Gasteiger partial charge in [0.1, 0.15) is 0 Å². The lowest BCUT2D eigenvalue weighted by Crippen LogP contribution is -2.37. The van der Waals surface area contributed by atoms with Crippen molar-refractivity contribution in [2.24, 2.45) is 0 Å². The summed E-state index contributed by atoms with van der Waals surface area (Å²) < 4.78 is 0. The van der Waals surface area contributed by atoms with Crippen LogP contribution in [0, 0.1) is 0 Å². The van der Waals surface area contributed by atoms with Crippen LogP contribution in [0.5, 0.6) is 0 Å². The second-order valence-corrected chi connectivity index (χ2v) is 18.3. The number of hydrogen-bond acceptors (Lipinski definition) is 1. The third-order valence-corrected chi connectivity index (χ3v) is 14.9. The van der Waals surface area contributed by atoms with Gasteiger partial charge in [-0.15, -0.1) is 0 Å². The summed E-state index contributed by atoms with van der Waals surface area (Å²) >= 11 is 2.00. The van der Waals surface area contributed by atoms with Gasteiger partial charge in [-0.2, -0.15) is 0 Å². The number of benzene rings is 10. The van der Waals surface area contributed by atoms with E-state index in [4.69, 9.17) is 0 Å². The second kappa shape index (κ2) is 13.0. The van der Waals surface area contributed by atoms with Gasteiger partial charge < -0.3 is 0 Å². The van der Waals surface area contributed by atoms with Crippen LogP contribution in [0.25, 0.3) is 65.3 Å². The van der Waals surface area contributed by atoms with Crippen molar-refractivity contribution in [1.29, 1.82) is 0 Å². The molecular weight excluding hydrogens is 729 g/mol. The molecule has 280 valence electrons. The molecule has 0 radical (unpaired) electrons. The van der Waals surface area contributed by atoms with E-state index in [9.17, 15) is 0 Å². The van der Waals surface area contributed by atoms with Gasteiger partial charge in [0.25, 0.3) is 0 Å². The van der Waals surface area contributed by atoms with Crippen molar-refractivity contribution in [2.45, 2.75) is 47.3 Å². The van der Waals surface area contributed by atoms with Crippen LogP contribution >= 0.6 is 11.8 Å². The number of rotatable bonds is 5. The molecule has 1 heterocycles. The zero-order valence-corrected chi connectivity index (χ0v) is 34.1. The molecule has 0 amide bonds. The first kappa shape index (κ1) is 34.6. The molecule has 0 saturated carbocycles. The van der Waals surface area contributed by atoms with Gasteiger partial charge >= 0.3 is 0 Å². The predicted octanol–water partition coefficient (Wildman–Crippen LogP) is 15.5. The zero-order valence-electron chi connectivity index (χ0n) is 33.3. The maximum atomic E-state index is 2.45. The lowest BCUT2D eigenvalue weighted by molar-refractivity contribution is 0.496. The topological polar surface area (TPSA) is 0 Å².